The molecule has 4 N–H and O–H groups in total. The first kappa shape index (κ1) is 33.8. The first-order chi connectivity index (χ1) is 19.5. The first-order valence-electron chi connectivity index (χ1n) is 16.0. The van der Waals surface area contributed by atoms with E-state index in [2.05, 4.69) is 21.9 Å². The summed E-state index contributed by atoms with van der Waals surface area (Å²) in [5.74, 6) is -0.165. The number of fused-ring (bicyclic) bond motifs is 1. The van der Waals surface area contributed by atoms with Crippen molar-refractivity contribution in [2.24, 2.45) is 5.92 Å². The smallest absolute Gasteiger partial charge is 0.305 e. The van der Waals surface area contributed by atoms with Gasteiger partial charge in [-0.25, -0.2) is 4.98 Å². The summed E-state index contributed by atoms with van der Waals surface area (Å²) in [7, 11) is 0. The van der Waals surface area contributed by atoms with Crippen LogP contribution in [0.2, 0.25) is 0 Å². The predicted octanol–water partition coefficient (Wildman–Crippen LogP) is 6.68. The second kappa shape index (κ2) is 21.3. The van der Waals surface area contributed by atoms with Crippen molar-refractivity contribution < 1.29 is 14.6 Å². The number of nitrogens with two attached hydrogens (primary N) is 1. The van der Waals surface area contributed by atoms with Crippen LogP contribution in [-0.4, -0.2) is 43.8 Å². The van der Waals surface area contributed by atoms with E-state index in [-0.39, 0.29) is 42.1 Å². The van der Waals surface area contributed by atoms with Gasteiger partial charge < -0.3 is 20.1 Å². The molecular formula is C31H55N5O4. The average molecular weight is 562 g/mol. The fourth-order valence-corrected chi connectivity index (χ4v) is 5.27. The predicted molar refractivity (Wildman–Crippen MR) is 162 cm³/mol. The Balaban J connectivity index is 1.50. The van der Waals surface area contributed by atoms with Gasteiger partial charge in [0.25, 0.3) is 5.56 Å². The number of aliphatic hydroxyl groups excluding tert-OH is 1. The molecule has 0 spiro atoms. The Bertz CT molecular complexity index is 990. The Kier molecular flexibility index (Phi) is 18.0. The standard InChI is InChI=1S/C31H55N5O4/c1-2-3-4-5-6-7-8-9-10-11-12-13-14-15-16-17-18-21-27(38)40-24-26(20-19-22-37)23-36-25-33-28-29(36)34-31(32)35-30(28)39/h25-26,37H,2-24H2,1H3,(H3,32,34,35,39)/t26-/m1/s1. The number of nitrogen functional groups attached to an aromatic ring is 1. The Hall–Kier alpha value is -2.42. The number of carbonyl (C=O) groups excluding carboxylic acids is 1. The third kappa shape index (κ3) is 14.3. The molecule has 0 radical (unpaired) electrons. The van der Waals surface area contributed by atoms with E-state index >= 15 is 0 Å². The van der Waals surface area contributed by atoms with Gasteiger partial charge in [-0.2, -0.15) is 4.98 Å². The lowest BCUT2D eigenvalue weighted by molar-refractivity contribution is -0.145. The molecule has 9 nitrogen and oxygen atoms in total. The van der Waals surface area contributed by atoms with Crippen LogP contribution >= 0.6 is 0 Å². The average Bonchev–Trinajstić information content (AvgIpc) is 3.34. The van der Waals surface area contributed by atoms with Crippen molar-refractivity contribution in [1.29, 1.82) is 0 Å². The van der Waals surface area contributed by atoms with E-state index in [0.29, 0.717) is 31.5 Å². The lowest BCUT2D eigenvalue weighted by Gasteiger charge is -2.17. The van der Waals surface area contributed by atoms with Gasteiger partial charge in [-0.15, -0.1) is 0 Å². The molecule has 0 fully saturated rings. The summed E-state index contributed by atoms with van der Waals surface area (Å²) in [5.41, 5.74) is 5.94. The number of imidazole rings is 1. The summed E-state index contributed by atoms with van der Waals surface area (Å²) in [6.45, 7) is 3.07. The Labute approximate surface area is 240 Å². The summed E-state index contributed by atoms with van der Waals surface area (Å²) in [6, 6.07) is 0. The molecule has 2 heterocycles. The number of ether oxygens (including phenoxy) is 1. The lowest BCUT2D eigenvalue weighted by Crippen LogP contribution is -2.20. The number of esters is 1. The van der Waals surface area contributed by atoms with Crippen LogP contribution in [0.5, 0.6) is 0 Å². The zero-order valence-corrected chi connectivity index (χ0v) is 25.0. The second-order valence-corrected chi connectivity index (χ2v) is 11.3. The highest BCUT2D eigenvalue weighted by Gasteiger charge is 2.16. The minimum atomic E-state index is -0.381. The number of aromatic nitrogens is 4. The highest BCUT2D eigenvalue weighted by molar-refractivity contribution is 5.70. The molecule has 1 atom stereocenters. The van der Waals surface area contributed by atoms with Gasteiger partial charge >= 0.3 is 5.97 Å². The van der Waals surface area contributed by atoms with Crippen molar-refractivity contribution in [1.82, 2.24) is 19.5 Å². The number of anilines is 1. The number of nitrogens with zero attached hydrogens (tertiary/aromatic N) is 3. The van der Waals surface area contributed by atoms with Crippen LogP contribution in [0, 0.1) is 5.92 Å². The van der Waals surface area contributed by atoms with Gasteiger partial charge in [-0.3, -0.25) is 14.6 Å². The number of hydrogen-bond acceptors (Lipinski definition) is 7. The van der Waals surface area contributed by atoms with Crippen molar-refractivity contribution in [2.75, 3.05) is 18.9 Å². The van der Waals surface area contributed by atoms with Crippen LogP contribution in [0.15, 0.2) is 11.1 Å². The zero-order chi connectivity index (χ0) is 28.8. The summed E-state index contributed by atoms with van der Waals surface area (Å²) in [6.07, 6.45) is 25.6. The highest BCUT2D eigenvalue weighted by atomic mass is 16.5. The number of rotatable bonds is 25. The molecule has 228 valence electrons. The van der Waals surface area contributed by atoms with Crippen molar-refractivity contribution in [3.05, 3.63) is 16.7 Å². The third-order valence-electron chi connectivity index (χ3n) is 7.68. The van der Waals surface area contributed by atoms with E-state index < -0.39 is 0 Å². The molecule has 0 bridgehead atoms. The van der Waals surface area contributed by atoms with Crippen molar-refractivity contribution >= 4 is 23.1 Å². The number of nitrogens with one attached hydrogen (secondary N) is 1. The third-order valence-corrected chi connectivity index (χ3v) is 7.68. The normalized spacial score (nSPS) is 12.2. The van der Waals surface area contributed by atoms with Crippen LogP contribution in [0.25, 0.3) is 11.2 Å². The molecule has 0 aliphatic heterocycles. The number of H-pyrrole nitrogens is 1. The number of hydrogen-bond donors (Lipinski definition) is 3. The van der Waals surface area contributed by atoms with Crippen molar-refractivity contribution in [3.8, 4) is 0 Å². The number of aromatic amines is 1. The van der Waals surface area contributed by atoms with E-state index in [0.717, 1.165) is 12.8 Å². The highest BCUT2D eigenvalue weighted by Crippen LogP contribution is 2.17. The molecule has 0 aliphatic carbocycles. The molecule has 0 amide bonds. The molecule has 0 unspecified atom stereocenters. The van der Waals surface area contributed by atoms with E-state index in [9.17, 15) is 14.7 Å². The number of carbonyl (C=O) groups is 1. The monoisotopic (exact) mass is 561 g/mol. The van der Waals surface area contributed by atoms with Crippen molar-refractivity contribution in [2.45, 2.75) is 142 Å². The molecule has 40 heavy (non-hydrogen) atoms. The van der Waals surface area contributed by atoms with Crippen LogP contribution < -0.4 is 11.3 Å². The fraction of sp³-hybridized carbons (Fsp3) is 0.806. The van der Waals surface area contributed by atoms with Crippen molar-refractivity contribution in [3.63, 3.8) is 0 Å². The van der Waals surface area contributed by atoms with E-state index in [1.54, 1.807) is 10.9 Å². The molecule has 0 aliphatic rings. The van der Waals surface area contributed by atoms with E-state index in [1.807, 2.05) is 0 Å². The molecule has 0 saturated heterocycles. The maximum Gasteiger partial charge on any atom is 0.305 e. The minimum Gasteiger partial charge on any atom is -0.465 e. The fourth-order valence-electron chi connectivity index (χ4n) is 5.27. The van der Waals surface area contributed by atoms with Crippen LogP contribution in [0.4, 0.5) is 5.95 Å². The van der Waals surface area contributed by atoms with E-state index in [1.165, 1.54) is 96.3 Å². The molecule has 2 aromatic rings. The van der Waals surface area contributed by atoms with Gasteiger partial charge in [-0.1, -0.05) is 110 Å². The number of unbranched alkanes of at least 4 members (excludes halogenated alkanes) is 16. The van der Waals surface area contributed by atoms with Gasteiger partial charge in [0, 0.05) is 25.5 Å². The molecule has 2 rings (SSSR count). The van der Waals surface area contributed by atoms with Gasteiger partial charge in [0.05, 0.1) is 12.9 Å². The quantitative estimate of drug-likeness (QED) is 0.0909. The molecule has 2 aromatic heterocycles. The maximum absolute atomic E-state index is 12.3. The van der Waals surface area contributed by atoms with Crippen LogP contribution in [-0.2, 0) is 16.1 Å². The second-order valence-electron chi connectivity index (χ2n) is 11.3. The van der Waals surface area contributed by atoms with E-state index in [4.69, 9.17) is 10.5 Å². The van der Waals surface area contributed by atoms with Crippen LogP contribution in [0.3, 0.4) is 0 Å². The van der Waals surface area contributed by atoms with Gasteiger partial charge in [0.15, 0.2) is 11.2 Å². The maximum atomic E-state index is 12.3. The molecule has 0 saturated carbocycles. The number of aliphatic hydroxyl groups is 1. The zero-order valence-electron chi connectivity index (χ0n) is 25.0. The largest absolute Gasteiger partial charge is 0.465 e. The SMILES string of the molecule is CCCCCCCCCCCCCCCCCCCC(=O)OC[C@H](CCCO)Cn1cnc2c(=O)[nH]c(N)nc21. The molecular weight excluding hydrogens is 506 g/mol. The Morgan fingerprint density at radius 2 is 1.48 bits per heavy atom. The molecule has 9 heteroatoms. The van der Waals surface area contributed by atoms with Gasteiger partial charge in [-0.05, 0) is 19.3 Å². The molecule has 0 aromatic carbocycles. The summed E-state index contributed by atoms with van der Waals surface area (Å²) in [4.78, 5) is 35.1. The summed E-state index contributed by atoms with van der Waals surface area (Å²) >= 11 is 0. The minimum absolute atomic E-state index is 0.0219. The summed E-state index contributed by atoms with van der Waals surface area (Å²) in [5, 5.41) is 9.28. The van der Waals surface area contributed by atoms with Gasteiger partial charge in [0.1, 0.15) is 0 Å². The lowest BCUT2D eigenvalue weighted by atomic mass is 10.0. The Morgan fingerprint density at radius 3 is 2.02 bits per heavy atom. The van der Waals surface area contributed by atoms with Gasteiger partial charge in [0.2, 0.25) is 5.95 Å². The Morgan fingerprint density at radius 1 is 0.925 bits per heavy atom. The first-order valence-corrected chi connectivity index (χ1v) is 16.0. The summed E-state index contributed by atoms with van der Waals surface area (Å²) < 4.78 is 7.33. The topological polar surface area (TPSA) is 136 Å². The van der Waals surface area contributed by atoms with Crippen LogP contribution in [0.1, 0.15) is 135 Å².